The summed E-state index contributed by atoms with van der Waals surface area (Å²) in [7, 11) is 0. The minimum absolute atomic E-state index is 0.474. The molecule has 68 valence electrons. The summed E-state index contributed by atoms with van der Waals surface area (Å²) in [5, 5.41) is 8.78. The average Bonchev–Trinajstić information content (AvgIpc) is 2.62. The van der Waals surface area contributed by atoms with Crippen LogP contribution in [-0.4, -0.2) is 12.5 Å². The highest BCUT2D eigenvalue weighted by molar-refractivity contribution is 6.06. The van der Waals surface area contributed by atoms with Crippen LogP contribution in [0.4, 0.5) is 5.69 Å². The van der Waals surface area contributed by atoms with Crippen molar-refractivity contribution in [3.05, 3.63) is 23.8 Å². The van der Waals surface area contributed by atoms with Gasteiger partial charge in [0.1, 0.15) is 23.1 Å². The summed E-state index contributed by atoms with van der Waals surface area (Å²) in [6.45, 7) is 2.50. The first kappa shape index (κ1) is 8.55. The van der Waals surface area contributed by atoms with Gasteiger partial charge >= 0.3 is 0 Å². The summed E-state index contributed by atoms with van der Waals surface area (Å²) in [5.41, 5.74) is 1.99. The van der Waals surface area contributed by atoms with E-state index < -0.39 is 0 Å². The van der Waals surface area contributed by atoms with Crippen molar-refractivity contribution >= 4 is 17.1 Å². The molecule has 0 fully saturated rings. The van der Waals surface area contributed by atoms with Crippen LogP contribution >= 0.6 is 0 Å². The Bertz CT molecular complexity index is 477. The zero-order chi connectivity index (χ0) is 9.97. The van der Waals surface area contributed by atoms with Crippen LogP contribution in [0.15, 0.2) is 23.2 Å². The Morgan fingerprint density at radius 3 is 3.14 bits per heavy atom. The number of nitriles is 1. The third kappa shape index (κ3) is 1.19. The monoisotopic (exact) mass is 184 g/mol. The van der Waals surface area contributed by atoms with Crippen LogP contribution in [0.2, 0.25) is 0 Å². The van der Waals surface area contributed by atoms with Gasteiger partial charge in [-0.2, -0.15) is 5.26 Å². The smallest absolute Gasteiger partial charge is 0.146 e. The first-order valence-corrected chi connectivity index (χ1v) is 4.36. The van der Waals surface area contributed by atoms with Crippen molar-refractivity contribution < 1.29 is 4.74 Å². The fourth-order valence-electron chi connectivity index (χ4n) is 1.37. The maximum Gasteiger partial charge on any atom is 0.146 e. The van der Waals surface area contributed by atoms with Gasteiger partial charge in [0.25, 0.3) is 0 Å². The molecule has 3 nitrogen and oxygen atoms in total. The van der Waals surface area contributed by atoms with Crippen molar-refractivity contribution in [1.29, 1.82) is 5.26 Å². The summed E-state index contributed by atoms with van der Waals surface area (Å²) in [6, 6.07) is 7.58. The quantitative estimate of drug-likeness (QED) is 0.707. The Hall–Kier alpha value is -2.04. The normalized spacial score (nSPS) is 11.9. The molecule has 0 spiro atoms. The van der Waals surface area contributed by atoms with Crippen molar-refractivity contribution in [2.75, 3.05) is 6.61 Å². The van der Waals surface area contributed by atoms with E-state index >= 15 is 0 Å². The molecule has 0 atom stereocenters. The highest BCUT2D eigenvalue weighted by Gasteiger charge is 2.15. The van der Waals surface area contributed by atoms with E-state index in [1.54, 1.807) is 0 Å². The summed E-state index contributed by atoms with van der Waals surface area (Å²) in [6.07, 6.45) is 0. The van der Waals surface area contributed by atoms with E-state index in [1.807, 2.05) is 31.2 Å². The van der Waals surface area contributed by atoms with Crippen molar-refractivity contribution in [1.82, 2.24) is 0 Å². The minimum Gasteiger partial charge on any atom is -0.492 e. The van der Waals surface area contributed by atoms with Gasteiger partial charge in [0.05, 0.1) is 6.61 Å². The summed E-state index contributed by atoms with van der Waals surface area (Å²) >= 11 is 0. The highest BCUT2D eigenvalue weighted by atomic mass is 16.5. The molecule has 0 aliphatic carbocycles. The predicted octanol–water partition coefficient (Wildman–Crippen LogP) is 2.31. The lowest BCUT2D eigenvalue weighted by molar-refractivity contribution is 0.341. The molecule has 0 radical (unpaired) electrons. The lowest BCUT2D eigenvalue weighted by atomic mass is 10.1. The fourth-order valence-corrected chi connectivity index (χ4v) is 1.37. The molecule has 0 amide bonds. The molecular formula is C11H8N2O. The first-order chi connectivity index (χ1) is 6.86. The van der Waals surface area contributed by atoms with Gasteiger partial charge in [0.15, 0.2) is 0 Å². The molecular weight excluding hydrogens is 176 g/mol. The first-order valence-electron chi connectivity index (χ1n) is 4.36. The van der Waals surface area contributed by atoms with Gasteiger partial charge in [-0.1, -0.05) is 12.1 Å². The Morgan fingerprint density at radius 2 is 2.43 bits per heavy atom. The molecule has 0 bridgehead atoms. The summed E-state index contributed by atoms with van der Waals surface area (Å²) in [5.74, 6) is 3.38. The standard InChI is InChI=1S/C11H8N2O/c1-2-14-10-5-3-4-9-8(6-12)7-13-11(9)10/h3-5H,2H2,1H3. The largest absolute Gasteiger partial charge is 0.492 e. The van der Waals surface area contributed by atoms with Gasteiger partial charge < -0.3 is 4.74 Å². The number of nitrogens with zero attached hydrogens (tertiary/aromatic N) is 2. The van der Waals surface area contributed by atoms with E-state index in [4.69, 9.17) is 10.00 Å². The second-order valence-corrected chi connectivity index (χ2v) is 2.80. The van der Waals surface area contributed by atoms with Crippen LogP contribution in [0.25, 0.3) is 5.57 Å². The van der Waals surface area contributed by atoms with Gasteiger partial charge in [-0.05, 0) is 13.0 Å². The Morgan fingerprint density at radius 1 is 1.57 bits per heavy atom. The maximum atomic E-state index is 8.78. The zero-order valence-electron chi connectivity index (χ0n) is 7.74. The Kier molecular flexibility index (Phi) is 2.06. The topological polar surface area (TPSA) is 45.4 Å². The van der Waals surface area contributed by atoms with Gasteiger partial charge in [-0.15, -0.1) is 0 Å². The number of fused-ring (bicyclic) bond motifs is 1. The van der Waals surface area contributed by atoms with E-state index in [9.17, 15) is 0 Å². The molecule has 0 aromatic heterocycles. The van der Waals surface area contributed by atoms with Crippen LogP contribution in [0.1, 0.15) is 12.5 Å². The van der Waals surface area contributed by atoms with Gasteiger partial charge in [-0.25, -0.2) is 4.99 Å². The molecule has 0 unspecified atom stereocenters. The molecule has 1 aliphatic heterocycles. The number of para-hydroxylation sites is 1. The maximum absolute atomic E-state index is 8.78. The number of benzene rings is 1. The number of rotatable bonds is 2. The van der Waals surface area contributed by atoms with Gasteiger partial charge in [0.2, 0.25) is 0 Å². The van der Waals surface area contributed by atoms with Gasteiger partial charge in [-0.3, -0.25) is 0 Å². The summed E-state index contributed by atoms with van der Waals surface area (Å²) in [4.78, 5) is 4.04. The molecule has 1 aromatic carbocycles. The van der Waals surface area contributed by atoms with Crippen molar-refractivity contribution in [2.24, 2.45) is 4.99 Å². The van der Waals surface area contributed by atoms with E-state index in [2.05, 4.69) is 10.9 Å². The summed E-state index contributed by atoms with van der Waals surface area (Å²) < 4.78 is 5.39. The lowest BCUT2D eigenvalue weighted by Crippen LogP contribution is -1.92. The predicted molar refractivity (Wildman–Crippen MR) is 53.7 cm³/mol. The van der Waals surface area contributed by atoms with Gasteiger partial charge in [0, 0.05) is 11.4 Å². The van der Waals surface area contributed by atoms with Crippen molar-refractivity contribution in [2.45, 2.75) is 6.92 Å². The number of ether oxygens (including phenoxy) is 1. The average molecular weight is 184 g/mol. The van der Waals surface area contributed by atoms with E-state index in [-0.39, 0.29) is 0 Å². The number of allylic oxidation sites excluding steroid dienone is 1. The second kappa shape index (κ2) is 3.37. The third-order valence-corrected chi connectivity index (χ3v) is 1.96. The Balaban J connectivity index is 2.50. The van der Waals surface area contributed by atoms with Crippen LogP contribution in [0.5, 0.6) is 5.75 Å². The molecule has 0 saturated heterocycles. The van der Waals surface area contributed by atoms with Crippen LogP contribution in [-0.2, 0) is 0 Å². The van der Waals surface area contributed by atoms with E-state index in [1.165, 1.54) is 0 Å². The SMILES string of the molecule is CCOc1cccc2c1N=C=C2C#N. The molecule has 0 saturated carbocycles. The van der Waals surface area contributed by atoms with Crippen molar-refractivity contribution in [3.63, 3.8) is 0 Å². The highest BCUT2D eigenvalue weighted by Crippen LogP contribution is 2.37. The third-order valence-electron chi connectivity index (χ3n) is 1.96. The fraction of sp³-hybridized carbons (Fsp3) is 0.182. The number of aliphatic imine (C=N–C) groups is 1. The molecule has 1 heterocycles. The molecule has 2 rings (SSSR count). The van der Waals surface area contributed by atoms with E-state index in [0.717, 1.165) is 5.56 Å². The molecule has 0 N–H and O–H groups in total. The van der Waals surface area contributed by atoms with Crippen LogP contribution in [0.3, 0.4) is 0 Å². The Labute approximate surface area is 82.0 Å². The minimum atomic E-state index is 0.474. The molecule has 1 aliphatic rings. The van der Waals surface area contributed by atoms with Crippen molar-refractivity contribution in [3.8, 4) is 11.8 Å². The van der Waals surface area contributed by atoms with E-state index in [0.29, 0.717) is 23.6 Å². The number of hydrogen-bond donors (Lipinski definition) is 0. The zero-order valence-corrected chi connectivity index (χ0v) is 7.74. The lowest BCUT2D eigenvalue weighted by Gasteiger charge is -2.06. The second-order valence-electron chi connectivity index (χ2n) is 2.80. The number of hydrogen-bond acceptors (Lipinski definition) is 3. The molecule has 14 heavy (non-hydrogen) atoms. The van der Waals surface area contributed by atoms with Crippen LogP contribution in [0, 0.1) is 11.3 Å². The molecule has 1 aromatic rings. The molecule has 3 heteroatoms. The van der Waals surface area contributed by atoms with Crippen LogP contribution < -0.4 is 4.74 Å².